The molecule has 0 unspecified atom stereocenters. The van der Waals surface area contributed by atoms with E-state index in [0.717, 1.165) is 12.0 Å². The van der Waals surface area contributed by atoms with Gasteiger partial charge in [-0.3, -0.25) is 4.79 Å². The van der Waals surface area contributed by atoms with Crippen molar-refractivity contribution >= 4 is 15.8 Å². The first-order chi connectivity index (χ1) is 8.50. The molecule has 1 aromatic carbocycles. The average Bonchev–Trinajstić information content (AvgIpc) is 2.86. The first-order valence-electron chi connectivity index (χ1n) is 6.13. The third kappa shape index (κ3) is 1.61. The van der Waals surface area contributed by atoms with Crippen LogP contribution < -0.4 is 0 Å². The van der Waals surface area contributed by atoms with E-state index in [0.29, 0.717) is 17.7 Å². The molecular weight excluding hydrogens is 250 g/mol. The second kappa shape index (κ2) is 3.90. The van der Waals surface area contributed by atoms with Crippen LogP contribution in [0.15, 0.2) is 29.2 Å². The van der Waals surface area contributed by atoms with Crippen LogP contribution in [0.5, 0.6) is 0 Å². The summed E-state index contributed by atoms with van der Waals surface area (Å²) in [6.45, 7) is 1.92. The summed E-state index contributed by atoms with van der Waals surface area (Å²) < 4.78 is 26.5. The zero-order valence-corrected chi connectivity index (χ0v) is 11.0. The highest BCUT2D eigenvalue weighted by atomic mass is 32.2. The number of nitrogens with zero attached hydrogens (tertiary/aromatic N) is 1. The second-order valence-electron chi connectivity index (χ2n) is 5.07. The van der Waals surface area contributed by atoms with Crippen molar-refractivity contribution in [3.05, 3.63) is 29.8 Å². The maximum absolute atomic E-state index is 12.5. The van der Waals surface area contributed by atoms with Crippen LogP contribution in [-0.4, -0.2) is 30.6 Å². The molecule has 2 aliphatic rings. The Kier molecular flexibility index (Phi) is 2.57. The van der Waals surface area contributed by atoms with Gasteiger partial charge in [0.05, 0.1) is 10.9 Å². The zero-order chi connectivity index (χ0) is 12.9. The first-order valence-corrected chi connectivity index (χ1v) is 7.57. The molecule has 96 valence electrons. The topological polar surface area (TPSA) is 54.5 Å². The highest BCUT2D eigenvalue weighted by molar-refractivity contribution is 7.89. The van der Waals surface area contributed by atoms with Gasteiger partial charge in [-0.25, -0.2) is 8.42 Å². The number of hydrogen-bond acceptors (Lipinski definition) is 3. The first kappa shape index (κ1) is 11.9. The Morgan fingerprint density at radius 1 is 1.17 bits per heavy atom. The summed E-state index contributed by atoms with van der Waals surface area (Å²) in [5, 5.41) is 0. The summed E-state index contributed by atoms with van der Waals surface area (Å²) in [4.78, 5) is 12.0. The predicted molar refractivity (Wildman–Crippen MR) is 66.6 cm³/mol. The highest BCUT2D eigenvalue weighted by Gasteiger charge is 2.51. The average molecular weight is 265 g/mol. The fraction of sp³-hybridized carbons (Fsp3) is 0.462. The van der Waals surface area contributed by atoms with Crippen LogP contribution in [0.2, 0.25) is 0 Å². The molecule has 18 heavy (non-hydrogen) atoms. The Hall–Kier alpha value is -1.20. The third-order valence-corrected chi connectivity index (χ3v) is 5.82. The lowest BCUT2D eigenvalue weighted by atomic mass is 10.00. The van der Waals surface area contributed by atoms with Gasteiger partial charge in [0.15, 0.2) is 5.78 Å². The van der Waals surface area contributed by atoms with Crippen LogP contribution in [0.3, 0.4) is 0 Å². The van der Waals surface area contributed by atoms with E-state index in [1.165, 1.54) is 4.31 Å². The molecule has 2 bridgehead atoms. The Bertz CT molecular complexity index is 591. The molecule has 1 aromatic rings. The molecule has 0 saturated carbocycles. The fourth-order valence-corrected chi connectivity index (χ4v) is 4.77. The summed E-state index contributed by atoms with van der Waals surface area (Å²) in [6, 6.07) is 6.27. The summed E-state index contributed by atoms with van der Waals surface area (Å²) in [5.74, 6) is 0.0712. The summed E-state index contributed by atoms with van der Waals surface area (Å²) in [7, 11) is -3.51. The van der Waals surface area contributed by atoms with Gasteiger partial charge in [0.25, 0.3) is 0 Å². The van der Waals surface area contributed by atoms with Crippen LogP contribution in [-0.2, 0) is 14.8 Å². The van der Waals surface area contributed by atoms with E-state index in [1.54, 1.807) is 24.3 Å². The Balaban J connectivity index is 2.01. The minimum atomic E-state index is -3.51. The molecule has 0 aliphatic carbocycles. The van der Waals surface area contributed by atoms with Crippen LogP contribution >= 0.6 is 0 Å². The molecule has 3 rings (SSSR count). The molecular formula is C13H15NO3S. The summed E-state index contributed by atoms with van der Waals surface area (Å²) in [6.07, 6.45) is 1.87. The lowest BCUT2D eigenvalue weighted by Gasteiger charge is -2.20. The van der Waals surface area contributed by atoms with Crippen molar-refractivity contribution in [3.8, 4) is 0 Å². The van der Waals surface area contributed by atoms with E-state index in [9.17, 15) is 13.2 Å². The van der Waals surface area contributed by atoms with Gasteiger partial charge in [0, 0.05) is 12.5 Å². The van der Waals surface area contributed by atoms with Gasteiger partial charge in [-0.15, -0.1) is 0 Å². The van der Waals surface area contributed by atoms with Gasteiger partial charge in [0.2, 0.25) is 10.0 Å². The molecule has 2 heterocycles. The summed E-state index contributed by atoms with van der Waals surface area (Å²) in [5.41, 5.74) is 1.02. The molecule has 0 aromatic heterocycles. The van der Waals surface area contributed by atoms with Crippen LogP contribution in [0.4, 0.5) is 0 Å². The maximum Gasteiger partial charge on any atom is 0.243 e. The minimum absolute atomic E-state index is 0.0712. The molecule has 2 aliphatic heterocycles. The Morgan fingerprint density at radius 3 is 2.33 bits per heavy atom. The van der Waals surface area contributed by atoms with Crippen molar-refractivity contribution in [3.63, 3.8) is 0 Å². The van der Waals surface area contributed by atoms with Crippen molar-refractivity contribution in [1.29, 1.82) is 0 Å². The van der Waals surface area contributed by atoms with E-state index in [4.69, 9.17) is 0 Å². The molecule has 0 spiro atoms. The van der Waals surface area contributed by atoms with Crippen molar-refractivity contribution in [2.75, 3.05) is 0 Å². The van der Waals surface area contributed by atoms with Gasteiger partial charge in [-0.1, -0.05) is 17.7 Å². The normalized spacial score (nSPS) is 27.9. The molecule has 0 N–H and O–H groups in total. The fourth-order valence-electron chi connectivity index (χ4n) is 2.92. The van der Waals surface area contributed by atoms with Gasteiger partial charge in [-0.05, 0) is 31.9 Å². The third-order valence-electron chi connectivity index (χ3n) is 3.85. The van der Waals surface area contributed by atoms with Gasteiger partial charge >= 0.3 is 0 Å². The molecule has 0 radical (unpaired) electrons. The van der Waals surface area contributed by atoms with E-state index in [2.05, 4.69) is 0 Å². The van der Waals surface area contributed by atoms with Crippen molar-refractivity contribution in [2.24, 2.45) is 0 Å². The standard InChI is InChI=1S/C13H15NO3S/c1-9-2-5-11(6-3-9)18(16,17)14-10-4-7-12(14)13(15)8-10/h2-3,5-6,10,12H,4,7-8H2,1H3/t10-,12+/m0/s1. The number of aryl methyl sites for hydroxylation is 1. The molecule has 4 nitrogen and oxygen atoms in total. The number of carbonyl (C=O) groups excluding carboxylic acids is 1. The number of ketones is 1. The number of Topliss-reactive ketones (excluding diaryl/α,β-unsaturated/α-hetero) is 1. The number of hydrogen-bond donors (Lipinski definition) is 0. The maximum atomic E-state index is 12.5. The Morgan fingerprint density at radius 2 is 1.83 bits per heavy atom. The van der Waals surface area contributed by atoms with Crippen LogP contribution in [0, 0.1) is 6.92 Å². The largest absolute Gasteiger partial charge is 0.298 e. The van der Waals surface area contributed by atoms with Gasteiger partial charge in [0.1, 0.15) is 0 Å². The quantitative estimate of drug-likeness (QED) is 0.814. The monoisotopic (exact) mass is 265 g/mol. The van der Waals surface area contributed by atoms with Gasteiger partial charge < -0.3 is 0 Å². The van der Waals surface area contributed by atoms with E-state index in [-0.39, 0.29) is 11.8 Å². The minimum Gasteiger partial charge on any atom is -0.298 e. The zero-order valence-electron chi connectivity index (χ0n) is 10.2. The Labute approximate surface area is 107 Å². The molecule has 2 fully saturated rings. The second-order valence-corrected chi connectivity index (χ2v) is 6.91. The van der Waals surface area contributed by atoms with E-state index < -0.39 is 16.1 Å². The van der Waals surface area contributed by atoms with Crippen LogP contribution in [0.25, 0.3) is 0 Å². The molecule has 0 amide bonds. The lowest BCUT2D eigenvalue weighted by molar-refractivity contribution is -0.119. The number of fused-ring (bicyclic) bond motifs is 2. The van der Waals surface area contributed by atoms with Crippen LogP contribution in [0.1, 0.15) is 24.8 Å². The van der Waals surface area contributed by atoms with Crippen molar-refractivity contribution in [2.45, 2.75) is 43.2 Å². The number of benzene rings is 1. The lowest BCUT2D eigenvalue weighted by Crippen LogP contribution is -2.36. The molecule has 5 heteroatoms. The highest BCUT2D eigenvalue weighted by Crippen LogP contribution is 2.39. The number of rotatable bonds is 2. The number of carbonyl (C=O) groups is 1. The van der Waals surface area contributed by atoms with E-state index in [1.807, 2.05) is 6.92 Å². The SMILES string of the molecule is Cc1ccc(S(=O)(=O)N2[C@H]3CC[C@@H]2C(=O)C3)cc1. The molecule has 2 saturated heterocycles. The number of sulfonamides is 1. The van der Waals surface area contributed by atoms with Gasteiger partial charge in [-0.2, -0.15) is 4.31 Å². The van der Waals surface area contributed by atoms with Crippen molar-refractivity contribution < 1.29 is 13.2 Å². The van der Waals surface area contributed by atoms with Crippen molar-refractivity contribution in [1.82, 2.24) is 4.31 Å². The summed E-state index contributed by atoms with van der Waals surface area (Å²) >= 11 is 0. The smallest absolute Gasteiger partial charge is 0.243 e. The van der Waals surface area contributed by atoms with E-state index >= 15 is 0 Å². The predicted octanol–water partition coefficient (Wildman–Crippen LogP) is 1.49. The molecule has 2 atom stereocenters.